The van der Waals surface area contributed by atoms with E-state index in [0.29, 0.717) is 22.6 Å². The Morgan fingerprint density at radius 2 is 2.29 bits per heavy atom. The van der Waals surface area contributed by atoms with Crippen LogP contribution in [0.15, 0.2) is 42.7 Å². The summed E-state index contributed by atoms with van der Waals surface area (Å²) in [4.78, 5) is 26.4. The zero-order valence-electron chi connectivity index (χ0n) is 12.5. The van der Waals surface area contributed by atoms with Crippen LogP contribution in [0.1, 0.15) is 11.1 Å². The second kappa shape index (κ2) is 6.88. The quantitative estimate of drug-likeness (QED) is 0.526. The van der Waals surface area contributed by atoms with Crippen molar-refractivity contribution in [3.05, 3.63) is 64.0 Å². The number of non-ortho nitro benzene ring substituents is 1. The Balaban J connectivity index is 1.84. The number of nitrogens with one attached hydrogen (secondary N) is 1. The Morgan fingerprint density at radius 1 is 1.42 bits per heavy atom. The molecule has 1 aromatic carbocycles. The van der Waals surface area contributed by atoms with Crippen LogP contribution in [-0.2, 0) is 16.1 Å². The van der Waals surface area contributed by atoms with E-state index in [-0.39, 0.29) is 25.0 Å². The van der Waals surface area contributed by atoms with Crippen molar-refractivity contribution in [1.29, 1.82) is 0 Å². The number of benzene rings is 1. The average molecular weight is 327 g/mol. The van der Waals surface area contributed by atoms with Crippen molar-refractivity contribution in [2.75, 3.05) is 12.1 Å². The molecule has 1 aromatic heterocycles. The number of fused-ring (bicyclic) bond motifs is 1. The molecule has 1 aliphatic heterocycles. The summed E-state index contributed by atoms with van der Waals surface area (Å²) >= 11 is 0. The molecule has 8 nitrogen and oxygen atoms in total. The number of carbonyl (C=O) groups is 1. The molecule has 8 heteroatoms. The molecule has 0 radical (unpaired) electrons. The van der Waals surface area contributed by atoms with E-state index < -0.39 is 4.92 Å². The third-order valence-electron chi connectivity index (χ3n) is 3.28. The largest absolute Gasteiger partial charge is 0.467 e. The molecule has 0 saturated carbocycles. The van der Waals surface area contributed by atoms with Crippen molar-refractivity contribution in [2.45, 2.75) is 6.61 Å². The van der Waals surface area contributed by atoms with E-state index >= 15 is 0 Å². The molecule has 3 rings (SSSR count). The summed E-state index contributed by atoms with van der Waals surface area (Å²) in [6, 6.07) is 6.16. The number of nitro benzene ring substituents is 1. The molecule has 0 atom stereocenters. The number of hydrogen-bond acceptors (Lipinski definition) is 6. The Bertz CT molecular complexity index is 805. The van der Waals surface area contributed by atoms with Crippen LogP contribution in [0.5, 0.6) is 5.75 Å². The van der Waals surface area contributed by atoms with Gasteiger partial charge in [-0.15, -0.1) is 0 Å². The fraction of sp³-hybridized carbons (Fsp3) is 0.125. The second-order valence-corrected chi connectivity index (χ2v) is 4.96. The van der Waals surface area contributed by atoms with E-state index in [2.05, 4.69) is 10.3 Å². The lowest BCUT2D eigenvalue weighted by Crippen LogP contribution is -2.13. The lowest BCUT2D eigenvalue weighted by Gasteiger charge is -2.19. The molecule has 0 fully saturated rings. The highest BCUT2D eigenvalue weighted by molar-refractivity contribution is 6.02. The smallest absolute Gasteiger partial charge is 0.270 e. The predicted molar refractivity (Wildman–Crippen MR) is 85.3 cm³/mol. The molecule has 2 aromatic rings. The SMILES string of the molecule is O=C(C=Cc1cc([N+](=O)[O-])cc2c1OCOC2)Nc1cccnc1. The summed E-state index contributed by atoms with van der Waals surface area (Å²) in [5, 5.41) is 13.7. The Kier molecular flexibility index (Phi) is 4.48. The van der Waals surface area contributed by atoms with Crippen molar-refractivity contribution in [3.63, 3.8) is 0 Å². The van der Waals surface area contributed by atoms with Crippen LogP contribution in [0, 0.1) is 10.1 Å². The molecule has 2 heterocycles. The van der Waals surface area contributed by atoms with Crippen LogP contribution in [0.4, 0.5) is 11.4 Å². The Morgan fingerprint density at radius 3 is 3.04 bits per heavy atom. The van der Waals surface area contributed by atoms with Gasteiger partial charge in [0.1, 0.15) is 5.75 Å². The van der Waals surface area contributed by atoms with Crippen molar-refractivity contribution in [2.24, 2.45) is 0 Å². The maximum absolute atomic E-state index is 11.9. The van der Waals surface area contributed by atoms with Gasteiger partial charge in [0, 0.05) is 35.5 Å². The van der Waals surface area contributed by atoms with Crippen LogP contribution in [0.3, 0.4) is 0 Å². The summed E-state index contributed by atoms with van der Waals surface area (Å²) in [6.07, 6.45) is 5.87. The molecular weight excluding hydrogens is 314 g/mol. The molecule has 122 valence electrons. The number of hydrogen-bond donors (Lipinski definition) is 1. The number of aromatic nitrogens is 1. The molecule has 0 saturated heterocycles. The molecule has 1 aliphatic rings. The Hall–Kier alpha value is -3.26. The van der Waals surface area contributed by atoms with Crippen LogP contribution >= 0.6 is 0 Å². The lowest BCUT2D eigenvalue weighted by atomic mass is 10.1. The van der Waals surface area contributed by atoms with Gasteiger partial charge in [-0.1, -0.05) is 0 Å². The summed E-state index contributed by atoms with van der Waals surface area (Å²) in [7, 11) is 0. The normalized spacial score (nSPS) is 13.2. The van der Waals surface area contributed by atoms with Gasteiger partial charge < -0.3 is 14.8 Å². The maximum Gasteiger partial charge on any atom is 0.270 e. The molecule has 0 spiro atoms. The minimum atomic E-state index is -0.498. The first-order chi connectivity index (χ1) is 11.6. The number of nitrogens with zero attached hydrogens (tertiary/aromatic N) is 2. The number of nitro groups is 1. The minimum Gasteiger partial charge on any atom is -0.467 e. The maximum atomic E-state index is 11.9. The van der Waals surface area contributed by atoms with Gasteiger partial charge in [0.2, 0.25) is 5.91 Å². The highest BCUT2D eigenvalue weighted by Gasteiger charge is 2.19. The topological polar surface area (TPSA) is 104 Å². The number of ether oxygens (including phenoxy) is 2. The Labute approximate surface area is 136 Å². The summed E-state index contributed by atoms with van der Waals surface area (Å²) in [5.41, 5.74) is 1.49. The number of amides is 1. The van der Waals surface area contributed by atoms with Crippen LogP contribution in [0.2, 0.25) is 0 Å². The summed E-state index contributed by atoms with van der Waals surface area (Å²) in [6.45, 7) is 0.285. The van der Waals surface area contributed by atoms with E-state index in [0.717, 1.165) is 0 Å². The predicted octanol–water partition coefficient (Wildman–Crippen LogP) is 2.51. The van der Waals surface area contributed by atoms with E-state index in [1.165, 1.54) is 30.5 Å². The molecule has 0 bridgehead atoms. The van der Waals surface area contributed by atoms with Crippen molar-refractivity contribution in [3.8, 4) is 5.75 Å². The minimum absolute atomic E-state index is 0.0630. The van der Waals surface area contributed by atoms with Gasteiger partial charge in [0.25, 0.3) is 5.69 Å². The summed E-state index contributed by atoms with van der Waals surface area (Å²) < 4.78 is 10.5. The summed E-state index contributed by atoms with van der Waals surface area (Å²) in [5.74, 6) is 0.104. The fourth-order valence-corrected chi connectivity index (χ4v) is 2.25. The second-order valence-electron chi connectivity index (χ2n) is 4.96. The van der Waals surface area contributed by atoms with Crippen LogP contribution in [0.25, 0.3) is 6.08 Å². The standard InChI is InChI=1S/C16H13N3O5/c20-15(18-13-2-1-5-17-8-13)4-3-11-6-14(19(21)22)7-12-9-23-10-24-16(11)12/h1-8H,9-10H2,(H,18,20). The highest BCUT2D eigenvalue weighted by Crippen LogP contribution is 2.33. The lowest BCUT2D eigenvalue weighted by molar-refractivity contribution is -0.385. The first kappa shape index (κ1) is 15.6. The zero-order chi connectivity index (χ0) is 16.9. The van der Waals surface area contributed by atoms with Crippen molar-refractivity contribution < 1.29 is 19.2 Å². The van der Waals surface area contributed by atoms with Gasteiger partial charge >= 0.3 is 0 Å². The van der Waals surface area contributed by atoms with E-state index in [4.69, 9.17) is 9.47 Å². The van der Waals surface area contributed by atoms with E-state index in [9.17, 15) is 14.9 Å². The number of pyridine rings is 1. The fourth-order valence-electron chi connectivity index (χ4n) is 2.25. The van der Waals surface area contributed by atoms with E-state index in [1.807, 2.05) is 0 Å². The van der Waals surface area contributed by atoms with Crippen molar-refractivity contribution in [1.82, 2.24) is 4.98 Å². The number of anilines is 1. The molecule has 1 amide bonds. The first-order valence-electron chi connectivity index (χ1n) is 7.04. The van der Waals surface area contributed by atoms with Gasteiger partial charge in [0.05, 0.1) is 23.4 Å². The number of rotatable bonds is 4. The van der Waals surface area contributed by atoms with Gasteiger partial charge in [-0.05, 0) is 18.2 Å². The molecular formula is C16H13N3O5. The van der Waals surface area contributed by atoms with Crippen molar-refractivity contribution >= 4 is 23.4 Å². The highest BCUT2D eigenvalue weighted by atomic mass is 16.7. The first-order valence-corrected chi connectivity index (χ1v) is 7.04. The zero-order valence-corrected chi connectivity index (χ0v) is 12.5. The molecule has 0 unspecified atom stereocenters. The van der Waals surface area contributed by atoms with Crippen LogP contribution in [-0.4, -0.2) is 22.6 Å². The molecule has 1 N–H and O–H groups in total. The third-order valence-corrected chi connectivity index (χ3v) is 3.28. The van der Waals surface area contributed by atoms with E-state index in [1.54, 1.807) is 18.3 Å². The van der Waals surface area contributed by atoms with Gasteiger partial charge in [-0.25, -0.2) is 0 Å². The van der Waals surface area contributed by atoms with Gasteiger partial charge in [-0.3, -0.25) is 19.9 Å². The number of carbonyl (C=O) groups excluding carboxylic acids is 1. The van der Waals surface area contributed by atoms with Gasteiger partial charge in [-0.2, -0.15) is 0 Å². The average Bonchev–Trinajstić information content (AvgIpc) is 2.60. The monoisotopic (exact) mass is 327 g/mol. The molecule has 24 heavy (non-hydrogen) atoms. The molecule has 0 aliphatic carbocycles. The van der Waals surface area contributed by atoms with Gasteiger partial charge in [0.15, 0.2) is 6.79 Å². The third kappa shape index (κ3) is 3.55. The van der Waals surface area contributed by atoms with Crippen LogP contribution < -0.4 is 10.1 Å².